The van der Waals surface area contributed by atoms with Gasteiger partial charge in [0.15, 0.2) is 0 Å². The fraction of sp³-hybridized carbons (Fsp3) is 0.867. The van der Waals surface area contributed by atoms with Crippen LogP contribution in [0, 0.1) is 5.92 Å². The number of hydrogen-bond donors (Lipinski definition) is 2. The fourth-order valence-electron chi connectivity index (χ4n) is 3.45. The summed E-state index contributed by atoms with van der Waals surface area (Å²) in [6.07, 6.45) is 8.47. The van der Waals surface area contributed by atoms with E-state index < -0.39 is 11.5 Å². The molecule has 1 heterocycles. The van der Waals surface area contributed by atoms with E-state index in [9.17, 15) is 14.7 Å². The van der Waals surface area contributed by atoms with Gasteiger partial charge >= 0.3 is 12.0 Å². The molecule has 0 radical (unpaired) electrons. The average molecular weight is 282 g/mol. The average Bonchev–Trinajstić information content (AvgIpc) is 2.92. The van der Waals surface area contributed by atoms with E-state index in [1.165, 1.54) is 30.6 Å². The van der Waals surface area contributed by atoms with Crippen molar-refractivity contribution < 1.29 is 14.7 Å². The van der Waals surface area contributed by atoms with Crippen LogP contribution in [0.5, 0.6) is 0 Å². The van der Waals surface area contributed by atoms with Crippen LogP contribution in [0.3, 0.4) is 0 Å². The second kappa shape index (κ2) is 6.46. The molecule has 0 bridgehead atoms. The summed E-state index contributed by atoms with van der Waals surface area (Å²) in [7, 11) is 0. The Labute approximate surface area is 120 Å². The number of piperidine rings is 1. The number of carbonyl (C=O) groups is 2. The van der Waals surface area contributed by atoms with Crippen LogP contribution in [0.1, 0.15) is 58.3 Å². The summed E-state index contributed by atoms with van der Waals surface area (Å²) in [5.41, 5.74) is -1.05. The molecule has 0 spiro atoms. The van der Waals surface area contributed by atoms with Crippen LogP contribution in [0.25, 0.3) is 0 Å². The maximum absolute atomic E-state index is 12.2. The molecule has 2 rings (SSSR count). The molecule has 0 aromatic heterocycles. The van der Waals surface area contributed by atoms with E-state index in [0.29, 0.717) is 19.5 Å². The lowest BCUT2D eigenvalue weighted by Crippen LogP contribution is -2.60. The molecule has 20 heavy (non-hydrogen) atoms. The number of rotatable bonds is 4. The fourth-order valence-corrected chi connectivity index (χ4v) is 3.45. The highest BCUT2D eigenvalue weighted by Crippen LogP contribution is 2.29. The zero-order valence-corrected chi connectivity index (χ0v) is 12.4. The predicted molar refractivity (Wildman–Crippen MR) is 76.6 cm³/mol. The molecule has 1 aliphatic heterocycles. The SMILES string of the molecule is CC1(C(=O)O)CCCCN1C(=O)NCCC1CCCC1. The molecular formula is C15H26N2O3. The van der Waals surface area contributed by atoms with Gasteiger partial charge in [0.2, 0.25) is 0 Å². The number of carboxylic acids is 1. The number of carbonyl (C=O) groups excluding carboxylic acids is 1. The smallest absolute Gasteiger partial charge is 0.329 e. The van der Waals surface area contributed by atoms with E-state index in [4.69, 9.17) is 0 Å². The van der Waals surface area contributed by atoms with E-state index in [0.717, 1.165) is 25.2 Å². The van der Waals surface area contributed by atoms with Crippen molar-refractivity contribution in [1.29, 1.82) is 0 Å². The Balaban J connectivity index is 1.84. The number of urea groups is 1. The molecule has 5 heteroatoms. The standard InChI is InChI=1S/C15H26N2O3/c1-15(13(18)19)9-4-5-11-17(15)14(20)16-10-8-12-6-2-3-7-12/h12H,2-11H2,1H3,(H,16,20)(H,18,19). The molecule has 5 nitrogen and oxygen atoms in total. The van der Waals surface area contributed by atoms with Crippen LogP contribution in [-0.2, 0) is 4.79 Å². The Bertz CT molecular complexity index is 366. The molecule has 2 N–H and O–H groups in total. The molecule has 1 saturated carbocycles. The zero-order valence-electron chi connectivity index (χ0n) is 12.4. The number of amides is 2. The summed E-state index contributed by atoms with van der Waals surface area (Å²) in [5.74, 6) is -0.161. The van der Waals surface area contributed by atoms with Crippen LogP contribution in [-0.4, -0.2) is 40.6 Å². The first kappa shape index (κ1) is 15.1. The van der Waals surface area contributed by atoms with E-state index in [1.54, 1.807) is 6.92 Å². The molecule has 1 atom stereocenters. The summed E-state index contributed by atoms with van der Waals surface area (Å²) in [6, 6.07) is -0.215. The number of aliphatic carboxylic acids is 1. The number of likely N-dealkylation sites (tertiary alicyclic amines) is 1. The lowest BCUT2D eigenvalue weighted by Gasteiger charge is -2.41. The van der Waals surface area contributed by atoms with E-state index >= 15 is 0 Å². The van der Waals surface area contributed by atoms with Crippen molar-refractivity contribution in [2.45, 2.75) is 63.8 Å². The minimum atomic E-state index is -1.05. The molecule has 2 amide bonds. The highest BCUT2D eigenvalue weighted by molar-refractivity contribution is 5.86. The second-order valence-electron chi connectivity index (χ2n) is 6.36. The van der Waals surface area contributed by atoms with Crippen LogP contribution < -0.4 is 5.32 Å². The van der Waals surface area contributed by atoms with Crippen LogP contribution in [0.15, 0.2) is 0 Å². The van der Waals surface area contributed by atoms with Crippen molar-refractivity contribution in [3.05, 3.63) is 0 Å². The minimum Gasteiger partial charge on any atom is -0.480 e. The summed E-state index contributed by atoms with van der Waals surface area (Å²) < 4.78 is 0. The monoisotopic (exact) mass is 282 g/mol. The van der Waals surface area contributed by atoms with Crippen molar-refractivity contribution in [2.24, 2.45) is 5.92 Å². The number of nitrogens with zero attached hydrogens (tertiary/aromatic N) is 1. The van der Waals surface area contributed by atoms with Crippen LogP contribution in [0.4, 0.5) is 4.79 Å². The lowest BCUT2D eigenvalue weighted by molar-refractivity contribution is -0.150. The Hall–Kier alpha value is -1.26. The summed E-state index contributed by atoms with van der Waals surface area (Å²) in [6.45, 7) is 2.86. The topological polar surface area (TPSA) is 69.6 Å². The quantitative estimate of drug-likeness (QED) is 0.832. The summed E-state index contributed by atoms with van der Waals surface area (Å²) in [4.78, 5) is 25.2. The highest BCUT2D eigenvalue weighted by Gasteiger charge is 2.43. The van der Waals surface area contributed by atoms with Crippen LogP contribution >= 0.6 is 0 Å². The largest absolute Gasteiger partial charge is 0.480 e. The normalized spacial score (nSPS) is 27.6. The first-order valence-electron chi connectivity index (χ1n) is 7.83. The third-order valence-electron chi connectivity index (χ3n) is 4.90. The molecule has 0 aromatic rings. The van der Waals surface area contributed by atoms with Gasteiger partial charge in [-0.1, -0.05) is 25.7 Å². The second-order valence-corrected chi connectivity index (χ2v) is 6.36. The van der Waals surface area contributed by atoms with E-state index in [1.807, 2.05) is 0 Å². The molecular weight excluding hydrogens is 256 g/mol. The Morgan fingerprint density at radius 2 is 1.95 bits per heavy atom. The van der Waals surface area contributed by atoms with E-state index in [-0.39, 0.29) is 6.03 Å². The number of hydrogen-bond acceptors (Lipinski definition) is 2. The van der Waals surface area contributed by atoms with Crippen molar-refractivity contribution >= 4 is 12.0 Å². The number of nitrogens with one attached hydrogen (secondary N) is 1. The Kier molecular flexibility index (Phi) is 4.89. The van der Waals surface area contributed by atoms with Gasteiger partial charge in [0.1, 0.15) is 5.54 Å². The molecule has 2 aliphatic rings. The summed E-state index contributed by atoms with van der Waals surface area (Å²) >= 11 is 0. The lowest BCUT2D eigenvalue weighted by atomic mass is 9.89. The van der Waals surface area contributed by atoms with Crippen molar-refractivity contribution in [2.75, 3.05) is 13.1 Å². The number of carboxylic acid groups (broad SMARTS) is 1. The van der Waals surface area contributed by atoms with Crippen molar-refractivity contribution in [1.82, 2.24) is 10.2 Å². The molecule has 2 fully saturated rings. The maximum Gasteiger partial charge on any atom is 0.329 e. The van der Waals surface area contributed by atoms with Gasteiger partial charge < -0.3 is 15.3 Å². The third-order valence-corrected chi connectivity index (χ3v) is 4.90. The van der Waals surface area contributed by atoms with Gasteiger partial charge in [-0.2, -0.15) is 0 Å². The molecule has 0 aromatic carbocycles. The van der Waals surface area contributed by atoms with Gasteiger partial charge in [-0.05, 0) is 38.5 Å². The Morgan fingerprint density at radius 1 is 1.25 bits per heavy atom. The van der Waals surface area contributed by atoms with Gasteiger partial charge in [0.05, 0.1) is 0 Å². The molecule has 114 valence electrons. The van der Waals surface area contributed by atoms with Crippen molar-refractivity contribution in [3.63, 3.8) is 0 Å². The molecule has 1 saturated heterocycles. The minimum absolute atomic E-state index is 0.215. The van der Waals surface area contributed by atoms with Crippen LogP contribution in [0.2, 0.25) is 0 Å². The third kappa shape index (κ3) is 3.25. The molecule has 1 unspecified atom stereocenters. The Morgan fingerprint density at radius 3 is 2.60 bits per heavy atom. The molecule has 1 aliphatic carbocycles. The highest BCUT2D eigenvalue weighted by atomic mass is 16.4. The van der Waals surface area contributed by atoms with Gasteiger partial charge in [0.25, 0.3) is 0 Å². The zero-order chi connectivity index (χ0) is 14.6. The predicted octanol–water partition coefficient (Wildman–Crippen LogP) is 2.61. The maximum atomic E-state index is 12.2. The first-order chi connectivity index (χ1) is 9.54. The van der Waals surface area contributed by atoms with Gasteiger partial charge in [-0.3, -0.25) is 0 Å². The van der Waals surface area contributed by atoms with Crippen molar-refractivity contribution in [3.8, 4) is 0 Å². The van der Waals surface area contributed by atoms with Gasteiger partial charge in [-0.15, -0.1) is 0 Å². The summed E-state index contributed by atoms with van der Waals surface area (Å²) in [5, 5.41) is 12.3. The first-order valence-corrected chi connectivity index (χ1v) is 7.83. The van der Waals surface area contributed by atoms with Gasteiger partial charge in [-0.25, -0.2) is 9.59 Å². The van der Waals surface area contributed by atoms with Gasteiger partial charge in [0, 0.05) is 13.1 Å². The van der Waals surface area contributed by atoms with E-state index in [2.05, 4.69) is 5.32 Å².